The van der Waals surface area contributed by atoms with Gasteiger partial charge in [0.1, 0.15) is 5.82 Å². The van der Waals surface area contributed by atoms with Crippen molar-refractivity contribution in [3.8, 4) is 0 Å². The maximum absolute atomic E-state index is 13.5. The Kier molecular flexibility index (Phi) is 5.17. The molecule has 0 spiro atoms. The van der Waals surface area contributed by atoms with Gasteiger partial charge in [0.25, 0.3) is 0 Å². The minimum atomic E-state index is -0.460. The molecule has 2 atom stereocenters. The van der Waals surface area contributed by atoms with E-state index in [1.807, 2.05) is 0 Å². The van der Waals surface area contributed by atoms with E-state index in [1.165, 1.54) is 24.6 Å². The average molecular weight is 293 g/mol. The van der Waals surface area contributed by atoms with Gasteiger partial charge in [-0.2, -0.15) is 0 Å². The van der Waals surface area contributed by atoms with Crippen LogP contribution in [0.15, 0.2) is 18.2 Å². The lowest BCUT2D eigenvalue weighted by atomic mass is 9.92. The molecule has 0 saturated carbocycles. The molecule has 1 fully saturated rings. The predicted octanol–water partition coefficient (Wildman–Crippen LogP) is 2.71. The van der Waals surface area contributed by atoms with Crippen molar-refractivity contribution >= 4 is 17.3 Å². The molecule has 1 aromatic carbocycles. The van der Waals surface area contributed by atoms with Gasteiger partial charge in [-0.05, 0) is 36.5 Å². The van der Waals surface area contributed by atoms with E-state index in [1.54, 1.807) is 0 Å². The van der Waals surface area contributed by atoms with Crippen molar-refractivity contribution in [3.63, 3.8) is 0 Å². The Morgan fingerprint density at radius 2 is 2.05 bits per heavy atom. The average Bonchev–Trinajstić information content (AvgIpc) is 2.40. The van der Waals surface area contributed by atoms with Gasteiger partial charge in [0, 0.05) is 31.7 Å². The zero-order chi connectivity index (χ0) is 15.4. The molecule has 1 heterocycles. The molecule has 116 valence electrons. The Bertz CT molecular complexity index is 496. The highest BCUT2D eigenvalue weighted by atomic mass is 19.1. The van der Waals surface area contributed by atoms with Crippen molar-refractivity contribution in [1.29, 1.82) is 0 Å². The highest BCUT2D eigenvalue weighted by Crippen LogP contribution is 2.21. The number of nitrogens with zero attached hydrogens (tertiary/aromatic N) is 1. The molecule has 1 amide bonds. The van der Waals surface area contributed by atoms with E-state index in [4.69, 9.17) is 5.73 Å². The molecule has 4 nitrogen and oxygen atoms in total. The first kappa shape index (κ1) is 15.8. The van der Waals surface area contributed by atoms with E-state index in [0.717, 1.165) is 13.1 Å². The fourth-order valence-corrected chi connectivity index (χ4v) is 3.09. The van der Waals surface area contributed by atoms with Crippen molar-refractivity contribution in [3.05, 3.63) is 24.0 Å². The van der Waals surface area contributed by atoms with E-state index in [2.05, 4.69) is 24.1 Å². The summed E-state index contributed by atoms with van der Waals surface area (Å²) in [6.45, 7) is 7.26. The van der Waals surface area contributed by atoms with Crippen LogP contribution in [0.1, 0.15) is 26.7 Å². The quantitative estimate of drug-likeness (QED) is 0.839. The molecule has 5 heteroatoms. The smallest absolute Gasteiger partial charge is 0.225 e. The number of nitrogens with two attached hydrogens (primary N) is 1. The Morgan fingerprint density at radius 1 is 1.38 bits per heavy atom. The minimum absolute atomic E-state index is 0.153. The molecule has 1 saturated heterocycles. The zero-order valence-corrected chi connectivity index (χ0v) is 12.7. The topological polar surface area (TPSA) is 58.4 Å². The van der Waals surface area contributed by atoms with Crippen LogP contribution in [0.3, 0.4) is 0 Å². The van der Waals surface area contributed by atoms with E-state index < -0.39 is 5.82 Å². The number of amides is 1. The number of nitrogens with one attached hydrogen (secondary N) is 1. The van der Waals surface area contributed by atoms with Crippen LogP contribution in [0.5, 0.6) is 0 Å². The van der Waals surface area contributed by atoms with Crippen LogP contribution in [-0.2, 0) is 4.79 Å². The third-order valence-corrected chi connectivity index (χ3v) is 3.86. The first-order valence-corrected chi connectivity index (χ1v) is 7.51. The summed E-state index contributed by atoms with van der Waals surface area (Å²) >= 11 is 0. The maximum atomic E-state index is 13.5. The number of benzene rings is 1. The normalized spacial score (nSPS) is 23.0. The van der Waals surface area contributed by atoms with E-state index in [9.17, 15) is 9.18 Å². The number of anilines is 2. The number of hydrogen-bond donors (Lipinski definition) is 2. The van der Waals surface area contributed by atoms with Crippen LogP contribution in [0, 0.1) is 17.7 Å². The summed E-state index contributed by atoms with van der Waals surface area (Å²) in [5.41, 5.74) is 6.19. The SMILES string of the molecule is CC1CC(C)CN(CCC(=O)Nc2cc(N)ccc2F)C1. The van der Waals surface area contributed by atoms with Gasteiger partial charge in [-0.3, -0.25) is 4.79 Å². The van der Waals surface area contributed by atoms with Gasteiger partial charge in [-0.1, -0.05) is 13.8 Å². The van der Waals surface area contributed by atoms with Crippen LogP contribution in [0.25, 0.3) is 0 Å². The summed E-state index contributed by atoms with van der Waals surface area (Å²) in [7, 11) is 0. The largest absolute Gasteiger partial charge is 0.399 e. The van der Waals surface area contributed by atoms with Gasteiger partial charge >= 0.3 is 0 Å². The number of carbonyl (C=O) groups is 1. The lowest BCUT2D eigenvalue weighted by Gasteiger charge is -2.34. The van der Waals surface area contributed by atoms with Crippen molar-refractivity contribution in [1.82, 2.24) is 4.90 Å². The highest BCUT2D eigenvalue weighted by Gasteiger charge is 2.22. The van der Waals surface area contributed by atoms with E-state index >= 15 is 0 Å². The highest BCUT2D eigenvalue weighted by molar-refractivity contribution is 5.91. The van der Waals surface area contributed by atoms with Gasteiger partial charge in [0.15, 0.2) is 0 Å². The van der Waals surface area contributed by atoms with Gasteiger partial charge in [0.05, 0.1) is 5.69 Å². The molecule has 1 aliphatic heterocycles. The second-order valence-corrected chi connectivity index (χ2v) is 6.24. The number of halogens is 1. The zero-order valence-electron chi connectivity index (χ0n) is 12.7. The van der Waals surface area contributed by atoms with Crippen molar-refractivity contribution < 1.29 is 9.18 Å². The Balaban J connectivity index is 1.83. The number of hydrogen-bond acceptors (Lipinski definition) is 3. The van der Waals surface area contributed by atoms with E-state index in [0.29, 0.717) is 30.5 Å². The molecule has 0 aliphatic carbocycles. The van der Waals surface area contributed by atoms with Crippen LogP contribution in [-0.4, -0.2) is 30.4 Å². The Hall–Kier alpha value is -1.62. The minimum Gasteiger partial charge on any atom is -0.399 e. The summed E-state index contributed by atoms with van der Waals surface area (Å²) < 4.78 is 13.5. The number of likely N-dealkylation sites (tertiary alicyclic amines) is 1. The number of rotatable bonds is 4. The van der Waals surface area contributed by atoms with Crippen LogP contribution in [0.2, 0.25) is 0 Å². The molecular weight excluding hydrogens is 269 g/mol. The maximum Gasteiger partial charge on any atom is 0.225 e. The molecular formula is C16H24FN3O. The van der Waals surface area contributed by atoms with Crippen molar-refractivity contribution in [2.75, 3.05) is 30.7 Å². The second kappa shape index (κ2) is 6.89. The third kappa shape index (κ3) is 4.70. The number of nitrogen functional groups attached to an aromatic ring is 1. The lowest BCUT2D eigenvalue weighted by molar-refractivity contribution is -0.116. The second-order valence-electron chi connectivity index (χ2n) is 6.24. The molecule has 1 aromatic rings. The summed E-state index contributed by atoms with van der Waals surface area (Å²) in [6, 6.07) is 4.18. The van der Waals surface area contributed by atoms with E-state index in [-0.39, 0.29) is 11.6 Å². The Morgan fingerprint density at radius 3 is 2.71 bits per heavy atom. The summed E-state index contributed by atoms with van der Waals surface area (Å²) in [4.78, 5) is 14.3. The molecule has 0 bridgehead atoms. The standard InChI is InChI=1S/C16H24FN3O/c1-11-7-12(2)10-20(9-11)6-5-16(21)19-15-8-13(18)3-4-14(15)17/h3-4,8,11-12H,5-7,9-10,18H2,1-2H3,(H,19,21). The predicted molar refractivity (Wildman–Crippen MR) is 83.4 cm³/mol. The van der Waals surface area contributed by atoms with Crippen LogP contribution < -0.4 is 11.1 Å². The summed E-state index contributed by atoms with van der Waals surface area (Å²) in [6.07, 6.45) is 1.62. The molecule has 2 unspecified atom stereocenters. The molecule has 3 N–H and O–H groups in total. The summed E-state index contributed by atoms with van der Waals surface area (Å²) in [5.74, 6) is 0.703. The Labute approximate surface area is 125 Å². The molecule has 21 heavy (non-hydrogen) atoms. The van der Waals surface area contributed by atoms with Crippen molar-refractivity contribution in [2.45, 2.75) is 26.7 Å². The van der Waals surface area contributed by atoms with Crippen molar-refractivity contribution in [2.24, 2.45) is 11.8 Å². The number of carbonyl (C=O) groups excluding carboxylic acids is 1. The van der Waals surface area contributed by atoms with Gasteiger partial charge in [-0.25, -0.2) is 4.39 Å². The monoisotopic (exact) mass is 293 g/mol. The van der Waals surface area contributed by atoms with Crippen LogP contribution >= 0.6 is 0 Å². The molecule has 0 radical (unpaired) electrons. The fourth-order valence-electron chi connectivity index (χ4n) is 3.09. The fraction of sp³-hybridized carbons (Fsp3) is 0.562. The lowest BCUT2D eigenvalue weighted by Crippen LogP contribution is -2.40. The first-order valence-electron chi connectivity index (χ1n) is 7.51. The molecule has 1 aliphatic rings. The van der Waals surface area contributed by atoms with Gasteiger partial charge < -0.3 is 16.0 Å². The molecule has 2 rings (SSSR count). The van der Waals surface area contributed by atoms with Gasteiger partial charge in [-0.15, -0.1) is 0 Å². The first-order chi connectivity index (χ1) is 9.94. The summed E-state index contributed by atoms with van der Waals surface area (Å²) in [5, 5.41) is 2.59. The van der Waals surface area contributed by atoms with Gasteiger partial charge in [0.2, 0.25) is 5.91 Å². The number of piperidine rings is 1. The van der Waals surface area contributed by atoms with Crippen LogP contribution in [0.4, 0.5) is 15.8 Å². The third-order valence-electron chi connectivity index (χ3n) is 3.86. The molecule has 0 aromatic heterocycles.